The molecule has 1 fully saturated rings. The summed E-state index contributed by atoms with van der Waals surface area (Å²) in [5.74, 6) is 3.33. The lowest BCUT2D eigenvalue weighted by atomic mass is 9.73. The smallest absolute Gasteiger partial charge is 0.208 e. The van der Waals surface area contributed by atoms with Gasteiger partial charge < -0.3 is 14.2 Å². The van der Waals surface area contributed by atoms with E-state index in [1.165, 1.54) is 5.56 Å². The zero-order valence-corrected chi connectivity index (χ0v) is 16.9. The number of fused-ring (bicyclic) bond motifs is 1. The van der Waals surface area contributed by atoms with Gasteiger partial charge in [0.05, 0.1) is 5.41 Å². The number of nitrogens with one attached hydrogen (secondary N) is 1. The molecule has 7 heteroatoms. The van der Waals surface area contributed by atoms with Gasteiger partial charge in [0.15, 0.2) is 11.5 Å². The maximum atomic E-state index is 5.68. The molecule has 2 aliphatic heterocycles. The monoisotopic (exact) mass is 409 g/mol. The number of aromatic amines is 1. The summed E-state index contributed by atoms with van der Waals surface area (Å²) in [4.78, 5) is 4.87. The van der Waals surface area contributed by atoms with Crippen LogP contribution in [-0.4, -0.2) is 41.6 Å². The third kappa shape index (κ3) is 3.72. The fourth-order valence-corrected chi connectivity index (χ4v) is 4.73. The second-order valence-electron chi connectivity index (χ2n) is 7.29. The Morgan fingerprint density at radius 1 is 0.931 bits per heavy atom. The molecule has 0 amide bonds. The highest BCUT2D eigenvalue weighted by atomic mass is 32.2. The molecule has 1 aromatic heterocycles. The summed E-state index contributed by atoms with van der Waals surface area (Å²) in [6.45, 7) is 2.67. The Kier molecular flexibility index (Phi) is 5.16. The Labute approximate surface area is 174 Å². The molecule has 1 N–H and O–H groups in total. The van der Waals surface area contributed by atoms with E-state index in [2.05, 4.69) is 40.5 Å². The summed E-state index contributed by atoms with van der Waals surface area (Å²) in [6.07, 6.45) is 1.80. The minimum absolute atomic E-state index is 0.164. The zero-order chi connectivity index (χ0) is 19.5. The Bertz CT molecular complexity index is 970. The highest BCUT2D eigenvalue weighted by Crippen LogP contribution is 2.40. The van der Waals surface area contributed by atoms with Gasteiger partial charge in [-0.05, 0) is 36.1 Å². The second kappa shape index (κ2) is 8.08. The predicted octanol–water partition coefficient (Wildman–Crippen LogP) is 3.96. The van der Waals surface area contributed by atoms with Crippen molar-refractivity contribution in [3.8, 4) is 11.5 Å². The number of H-pyrrole nitrogens is 1. The molecule has 29 heavy (non-hydrogen) atoms. The van der Waals surface area contributed by atoms with E-state index in [-0.39, 0.29) is 5.41 Å². The van der Waals surface area contributed by atoms with Crippen LogP contribution in [0.15, 0.2) is 53.7 Å². The van der Waals surface area contributed by atoms with Crippen LogP contribution in [0, 0.1) is 0 Å². The first-order chi connectivity index (χ1) is 14.3. The molecule has 0 aliphatic carbocycles. The summed E-state index contributed by atoms with van der Waals surface area (Å²) >= 11 is 1.62. The molecule has 0 unspecified atom stereocenters. The molecule has 1 saturated heterocycles. The molecule has 3 heterocycles. The van der Waals surface area contributed by atoms with Crippen molar-refractivity contribution in [3.05, 3.63) is 65.5 Å². The van der Waals surface area contributed by atoms with Crippen molar-refractivity contribution in [1.29, 1.82) is 0 Å². The maximum Gasteiger partial charge on any atom is 0.208 e. The topological polar surface area (TPSA) is 69.3 Å². The fraction of sp³-hybridized carbons (Fsp3) is 0.364. The SMILES string of the molecule is c1ccc(C2(c3nc(SCc4ccc5c(c4)OCCO5)n[nH]3)CCOCC2)cc1. The van der Waals surface area contributed by atoms with Crippen LogP contribution in [0.3, 0.4) is 0 Å². The van der Waals surface area contributed by atoms with Crippen molar-refractivity contribution < 1.29 is 14.2 Å². The number of ether oxygens (including phenoxy) is 3. The number of nitrogens with zero attached hydrogens (tertiary/aromatic N) is 2. The van der Waals surface area contributed by atoms with Crippen LogP contribution in [0.4, 0.5) is 0 Å². The normalized spacial score (nSPS) is 17.8. The highest BCUT2D eigenvalue weighted by Gasteiger charge is 2.39. The first-order valence-corrected chi connectivity index (χ1v) is 10.9. The van der Waals surface area contributed by atoms with Crippen LogP contribution in [0.1, 0.15) is 29.8 Å². The third-order valence-electron chi connectivity index (χ3n) is 5.57. The van der Waals surface area contributed by atoms with E-state index in [0.717, 1.165) is 59.9 Å². The van der Waals surface area contributed by atoms with Gasteiger partial charge >= 0.3 is 0 Å². The average molecular weight is 410 g/mol. The summed E-state index contributed by atoms with van der Waals surface area (Å²) in [5.41, 5.74) is 2.26. The third-order valence-corrected chi connectivity index (χ3v) is 6.48. The Morgan fingerprint density at radius 3 is 2.55 bits per heavy atom. The summed E-state index contributed by atoms with van der Waals surface area (Å²) in [5, 5.41) is 8.47. The molecule has 150 valence electrons. The second-order valence-corrected chi connectivity index (χ2v) is 8.24. The van der Waals surface area contributed by atoms with Crippen LogP contribution >= 0.6 is 11.8 Å². The van der Waals surface area contributed by atoms with E-state index >= 15 is 0 Å². The molecule has 0 atom stereocenters. The van der Waals surface area contributed by atoms with Crippen LogP contribution in [-0.2, 0) is 15.9 Å². The number of thioether (sulfide) groups is 1. The molecular formula is C22H23N3O3S. The van der Waals surface area contributed by atoms with Crippen LogP contribution in [0.5, 0.6) is 11.5 Å². The van der Waals surface area contributed by atoms with E-state index in [1.807, 2.05) is 18.2 Å². The van der Waals surface area contributed by atoms with Crippen molar-refractivity contribution >= 4 is 11.8 Å². The standard InChI is InChI=1S/C22H23N3O3S/c1-2-4-17(5-3-1)22(8-10-26-11-9-22)20-23-21(25-24-20)29-15-16-6-7-18-19(14-16)28-13-12-27-18/h1-7,14H,8-13,15H2,(H,23,24,25). The largest absolute Gasteiger partial charge is 0.486 e. The first kappa shape index (κ1) is 18.5. The molecular weight excluding hydrogens is 386 g/mol. The number of hydrogen-bond donors (Lipinski definition) is 1. The molecule has 0 bridgehead atoms. The minimum atomic E-state index is -0.164. The quantitative estimate of drug-likeness (QED) is 0.643. The zero-order valence-electron chi connectivity index (χ0n) is 16.1. The maximum absolute atomic E-state index is 5.68. The lowest BCUT2D eigenvalue weighted by Crippen LogP contribution is -2.36. The van der Waals surface area contributed by atoms with Crippen LogP contribution in [0.25, 0.3) is 0 Å². The van der Waals surface area contributed by atoms with Gasteiger partial charge in [-0.3, -0.25) is 5.10 Å². The average Bonchev–Trinajstić information content (AvgIpc) is 3.28. The van der Waals surface area contributed by atoms with Crippen molar-refractivity contribution in [2.45, 2.75) is 29.2 Å². The molecule has 0 saturated carbocycles. The molecule has 2 aromatic carbocycles. The van der Waals surface area contributed by atoms with Gasteiger partial charge in [-0.25, -0.2) is 4.98 Å². The van der Waals surface area contributed by atoms with Gasteiger partial charge in [-0.15, -0.1) is 5.10 Å². The van der Waals surface area contributed by atoms with E-state index < -0.39 is 0 Å². The molecule has 0 spiro atoms. The van der Waals surface area contributed by atoms with Crippen molar-refractivity contribution in [2.75, 3.05) is 26.4 Å². The molecule has 3 aromatic rings. The van der Waals surface area contributed by atoms with Gasteiger partial charge in [0.1, 0.15) is 19.0 Å². The molecule has 2 aliphatic rings. The van der Waals surface area contributed by atoms with E-state index in [4.69, 9.17) is 19.2 Å². The Hall–Kier alpha value is -2.51. The van der Waals surface area contributed by atoms with Crippen molar-refractivity contribution in [2.24, 2.45) is 0 Å². The lowest BCUT2D eigenvalue weighted by Gasteiger charge is -2.35. The molecule has 0 radical (unpaired) electrons. The van der Waals surface area contributed by atoms with Gasteiger partial charge in [0.25, 0.3) is 0 Å². The lowest BCUT2D eigenvalue weighted by molar-refractivity contribution is 0.0605. The van der Waals surface area contributed by atoms with Crippen LogP contribution in [0.2, 0.25) is 0 Å². The van der Waals surface area contributed by atoms with Gasteiger partial charge in [-0.2, -0.15) is 0 Å². The number of hydrogen-bond acceptors (Lipinski definition) is 6. The van der Waals surface area contributed by atoms with Gasteiger partial charge in [-0.1, -0.05) is 48.2 Å². The summed E-state index contributed by atoms with van der Waals surface area (Å²) in [6, 6.07) is 16.6. The number of rotatable bonds is 5. The summed E-state index contributed by atoms with van der Waals surface area (Å²) < 4.78 is 16.9. The van der Waals surface area contributed by atoms with Gasteiger partial charge in [0.2, 0.25) is 5.16 Å². The van der Waals surface area contributed by atoms with E-state index in [0.29, 0.717) is 13.2 Å². The number of aromatic nitrogens is 3. The summed E-state index contributed by atoms with van der Waals surface area (Å²) in [7, 11) is 0. The molecule has 6 nitrogen and oxygen atoms in total. The fourth-order valence-electron chi connectivity index (χ4n) is 3.99. The van der Waals surface area contributed by atoms with Crippen LogP contribution < -0.4 is 9.47 Å². The predicted molar refractivity (Wildman–Crippen MR) is 111 cm³/mol. The highest BCUT2D eigenvalue weighted by molar-refractivity contribution is 7.98. The Balaban J connectivity index is 1.34. The molecule has 5 rings (SSSR count). The van der Waals surface area contributed by atoms with E-state index in [9.17, 15) is 0 Å². The van der Waals surface area contributed by atoms with Gasteiger partial charge in [0, 0.05) is 19.0 Å². The van der Waals surface area contributed by atoms with Crippen molar-refractivity contribution in [3.63, 3.8) is 0 Å². The Morgan fingerprint density at radius 2 is 1.72 bits per heavy atom. The van der Waals surface area contributed by atoms with E-state index in [1.54, 1.807) is 11.8 Å². The first-order valence-electron chi connectivity index (χ1n) is 9.91. The number of benzene rings is 2. The minimum Gasteiger partial charge on any atom is -0.486 e. The van der Waals surface area contributed by atoms with Crippen molar-refractivity contribution in [1.82, 2.24) is 15.2 Å².